The summed E-state index contributed by atoms with van der Waals surface area (Å²) in [6.45, 7) is 8.81. The second-order valence-corrected chi connectivity index (χ2v) is 6.64. The summed E-state index contributed by atoms with van der Waals surface area (Å²) in [4.78, 5) is 0. The van der Waals surface area contributed by atoms with Crippen LogP contribution < -0.4 is 5.32 Å². The lowest BCUT2D eigenvalue weighted by Gasteiger charge is -2.38. The summed E-state index contributed by atoms with van der Waals surface area (Å²) < 4.78 is 0. The fourth-order valence-corrected chi connectivity index (χ4v) is 3.65. The van der Waals surface area contributed by atoms with Gasteiger partial charge in [-0.1, -0.05) is 42.0 Å². The normalized spacial score (nSPS) is 21.0. The number of benzene rings is 2. The van der Waals surface area contributed by atoms with Crippen LogP contribution in [0.4, 0.5) is 5.69 Å². The molecule has 0 heterocycles. The average molecular weight is 279 g/mol. The summed E-state index contributed by atoms with van der Waals surface area (Å²) in [7, 11) is 0. The Morgan fingerprint density at radius 1 is 0.857 bits per heavy atom. The minimum absolute atomic E-state index is 0.620. The monoisotopic (exact) mass is 279 g/mol. The minimum atomic E-state index is 0.620. The lowest BCUT2D eigenvalue weighted by Crippen LogP contribution is -2.34. The number of rotatable bonds is 3. The van der Waals surface area contributed by atoms with Crippen LogP contribution in [0.2, 0.25) is 0 Å². The Labute approximate surface area is 128 Å². The van der Waals surface area contributed by atoms with Crippen molar-refractivity contribution in [3.63, 3.8) is 0 Å². The van der Waals surface area contributed by atoms with Crippen LogP contribution in [0.3, 0.4) is 0 Å². The minimum Gasteiger partial charge on any atom is -0.382 e. The molecular weight excluding hydrogens is 254 g/mol. The van der Waals surface area contributed by atoms with E-state index >= 15 is 0 Å². The van der Waals surface area contributed by atoms with E-state index in [1.807, 2.05) is 0 Å². The first-order valence-corrected chi connectivity index (χ1v) is 7.94. The summed E-state index contributed by atoms with van der Waals surface area (Å²) in [6, 6.07) is 14.0. The molecule has 2 aromatic rings. The van der Waals surface area contributed by atoms with Crippen molar-refractivity contribution in [2.45, 2.75) is 52.5 Å². The molecule has 0 aromatic heterocycles. The molecule has 1 aliphatic rings. The Hall–Kier alpha value is -1.76. The molecular formula is C20H25N. The van der Waals surface area contributed by atoms with Gasteiger partial charge in [-0.3, -0.25) is 0 Å². The van der Waals surface area contributed by atoms with E-state index in [0.717, 1.165) is 5.92 Å². The average Bonchev–Trinajstić information content (AvgIpc) is 2.37. The zero-order valence-corrected chi connectivity index (χ0v) is 13.5. The zero-order valence-electron chi connectivity index (χ0n) is 13.5. The zero-order chi connectivity index (χ0) is 15.0. The molecule has 1 saturated carbocycles. The fraction of sp³-hybridized carbons (Fsp3) is 0.400. The molecule has 1 N–H and O–H groups in total. The maximum atomic E-state index is 3.76. The predicted octanol–water partition coefficient (Wildman–Crippen LogP) is 5.28. The largest absolute Gasteiger partial charge is 0.382 e. The van der Waals surface area contributed by atoms with Gasteiger partial charge in [0.05, 0.1) is 0 Å². The number of hydrogen-bond acceptors (Lipinski definition) is 1. The summed E-state index contributed by atoms with van der Waals surface area (Å²) in [5.41, 5.74) is 8.39. The van der Waals surface area contributed by atoms with Crippen LogP contribution in [0.5, 0.6) is 0 Å². The molecule has 0 radical (unpaired) electrons. The van der Waals surface area contributed by atoms with Gasteiger partial charge in [-0.15, -0.1) is 0 Å². The van der Waals surface area contributed by atoms with E-state index in [0.29, 0.717) is 6.04 Å². The Kier molecular flexibility index (Phi) is 3.75. The van der Waals surface area contributed by atoms with Crippen molar-refractivity contribution in [2.75, 3.05) is 5.32 Å². The quantitative estimate of drug-likeness (QED) is 0.806. The highest BCUT2D eigenvalue weighted by atomic mass is 14.9. The van der Waals surface area contributed by atoms with Crippen LogP contribution in [0.25, 0.3) is 0 Å². The molecule has 1 aliphatic carbocycles. The third-order valence-electron chi connectivity index (χ3n) is 4.79. The molecule has 21 heavy (non-hydrogen) atoms. The molecule has 0 spiro atoms. The molecule has 0 bridgehead atoms. The Morgan fingerprint density at radius 3 is 2.10 bits per heavy atom. The third-order valence-corrected chi connectivity index (χ3v) is 4.79. The van der Waals surface area contributed by atoms with E-state index < -0.39 is 0 Å². The Bertz CT molecular complexity index is 628. The van der Waals surface area contributed by atoms with Gasteiger partial charge in [-0.25, -0.2) is 0 Å². The topological polar surface area (TPSA) is 12.0 Å². The molecule has 110 valence electrons. The summed E-state index contributed by atoms with van der Waals surface area (Å²) in [6.07, 6.45) is 2.50. The van der Waals surface area contributed by atoms with E-state index in [2.05, 4.69) is 69.4 Å². The van der Waals surface area contributed by atoms with Crippen LogP contribution in [-0.4, -0.2) is 6.04 Å². The smallest absolute Gasteiger partial charge is 0.0401 e. The number of hydrogen-bond donors (Lipinski definition) is 1. The van der Waals surface area contributed by atoms with Crippen LogP contribution in [0, 0.1) is 27.7 Å². The van der Waals surface area contributed by atoms with Gasteiger partial charge in [0.1, 0.15) is 0 Å². The van der Waals surface area contributed by atoms with Gasteiger partial charge in [0.25, 0.3) is 0 Å². The first-order valence-electron chi connectivity index (χ1n) is 7.94. The van der Waals surface area contributed by atoms with Crippen molar-refractivity contribution in [3.05, 3.63) is 64.2 Å². The van der Waals surface area contributed by atoms with E-state index in [9.17, 15) is 0 Å². The second kappa shape index (κ2) is 5.55. The Balaban J connectivity index is 1.67. The van der Waals surface area contributed by atoms with E-state index in [1.165, 1.54) is 46.3 Å². The summed E-state index contributed by atoms with van der Waals surface area (Å²) in [5, 5.41) is 3.76. The van der Waals surface area contributed by atoms with Crippen molar-refractivity contribution < 1.29 is 0 Å². The predicted molar refractivity (Wildman–Crippen MR) is 91.2 cm³/mol. The van der Waals surface area contributed by atoms with Crippen LogP contribution in [0.15, 0.2) is 36.4 Å². The first kappa shape index (κ1) is 14.2. The highest BCUT2D eigenvalue weighted by Gasteiger charge is 2.31. The van der Waals surface area contributed by atoms with E-state index in [-0.39, 0.29) is 0 Å². The van der Waals surface area contributed by atoms with Gasteiger partial charge in [-0.05, 0) is 68.7 Å². The highest BCUT2D eigenvalue weighted by molar-refractivity contribution is 5.59. The van der Waals surface area contributed by atoms with Gasteiger partial charge < -0.3 is 5.32 Å². The van der Waals surface area contributed by atoms with E-state index in [4.69, 9.17) is 0 Å². The van der Waals surface area contributed by atoms with Crippen molar-refractivity contribution in [1.29, 1.82) is 0 Å². The van der Waals surface area contributed by atoms with Crippen LogP contribution in [-0.2, 0) is 0 Å². The number of nitrogens with one attached hydrogen (secondary N) is 1. The van der Waals surface area contributed by atoms with Gasteiger partial charge in [0.15, 0.2) is 0 Å². The fourth-order valence-electron chi connectivity index (χ4n) is 3.65. The van der Waals surface area contributed by atoms with Gasteiger partial charge >= 0.3 is 0 Å². The highest BCUT2D eigenvalue weighted by Crippen LogP contribution is 2.40. The van der Waals surface area contributed by atoms with Gasteiger partial charge in [0, 0.05) is 11.7 Å². The molecule has 1 fully saturated rings. The number of anilines is 1. The molecule has 0 aliphatic heterocycles. The molecule has 0 amide bonds. The molecule has 2 aromatic carbocycles. The molecule has 1 heteroatoms. The maximum absolute atomic E-state index is 3.76. The summed E-state index contributed by atoms with van der Waals surface area (Å²) >= 11 is 0. The molecule has 3 rings (SSSR count). The van der Waals surface area contributed by atoms with Crippen molar-refractivity contribution in [3.8, 4) is 0 Å². The SMILES string of the molecule is Cc1cc(C)c(NC2CC(c3ccccc3C)C2)c(C)c1. The third kappa shape index (κ3) is 2.83. The van der Waals surface area contributed by atoms with Crippen LogP contribution in [0.1, 0.15) is 46.6 Å². The lowest BCUT2D eigenvalue weighted by molar-refractivity contribution is 0.373. The molecule has 0 saturated heterocycles. The first-order chi connectivity index (χ1) is 10.0. The van der Waals surface area contributed by atoms with Crippen molar-refractivity contribution in [1.82, 2.24) is 0 Å². The molecule has 0 unspecified atom stereocenters. The van der Waals surface area contributed by atoms with Crippen molar-refractivity contribution in [2.24, 2.45) is 0 Å². The maximum Gasteiger partial charge on any atom is 0.0401 e. The molecule has 0 atom stereocenters. The lowest BCUT2D eigenvalue weighted by atomic mass is 9.74. The molecule has 1 nitrogen and oxygen atoms in total. The second-order valence-electron chi connectivity index (χ2n) is 6.64. The van der Waals surface area contributed by atoms with Crippen molar-refractivity contribution >= 4 is 5.69 Å². The van der Waals surface area contributed by atoms with Gasteiger partial charge in [-0.2, -0.15) is 0 Å². The standard InChI is InChI=1S/C20H25N/c1-13-9-15(3)20(16(4)10-13)21-18-11-17(12-18)19-8-6-5-7-14(19)2/h5-10,17-18,21H,11-12H2,1-4H3. The van der Waals surface area contributed by atoms with E-state index in [1.54, 1.807) is 0 Å². The summed E-state index contributed by atoms with van der Waals surface area (Å²) in [5.74, 6) is 0.731. The number of aryl methyl sites for hydroxylation is 4. The van der Waals surface area contributed by atoms with Gasteiger partial charge in [0.2, 0.25) is 0 Å². The Morgan fingerprint density at radius 2 is 1.48 bits per heavy atom. The van der Waals surface area contributed by atoms with Crippen LogP contribution >= 0.6 is 0 Å².